The van der Waals surface area contributed by atoms with Gasteiger partial charge in [0.15, 0.2) is 0 Å². The second-order valence-electron chi connectivity index (χ2n) is 10.4. The predicted molar refractivity (Wildman–Crippen MR) is 144 cm³/mol. The van der Waals surface area contributed by atoms with Crippen molar-refractivity contribution in [3.8, 4) is 22.8 Å². The van der Waals surface area contributed by atoms with Crippen LogP contribution >= 0.6 is 0 Å². The van der Waals surface area contributed by atoms with Crippen molar-refractivity contribution < 1.29 is 18.7 Å². The molecule has 7 nitrogen and oxygen atoms in total. The lowest BCUT2D eigenvalue weighted by molar-refractivity contribution is 0.0169. The summed E-state index contributed by atoms with van der Waals surface area (Å²) < 4.78 is 28.1. The van der Waals surface area contributed by atoms with Crippen LogP contribution in [0.4, 0.5) is 14.9 Å². The molecule has 194 valence electrons. The van der Waals surface area contributed by atoms with Gasteiger partial charge in [0.05, 0.1) is 23.8 Å². The SMILES string of the molecule is [C-]#[N+]c1cc2c(-c3ccc(Oc4ccccc4)cc3)nn(C3CCCN(C(=O)OC(C)(C)C)C3)c2cc1F. The number of nitrogens with zero attached hydrogens (tertiary/aromatic N) is 4. The van der Waals surface area contributed by atoms with Crippen molar-refractivity contribution in [1.82, 2.24) is 14.7 Å². The van der Waals surface area contributed by atoms with Crippen molar-refractivity contribution in [3.05, 3.63) is 84.0 Å². The van der Waals surface area contributed by atoms with Gasteiger partial charge in [-0.2, -0.15) is 5.10 Å². The highest BCUT2D eigenvalue weighted by molar-refractivity contribution is 5.96. The first kappa shape index (κ1) is 25.3. The number of carbonyl (C=O) groups is 1. The molecule has 2 heterocycles. The van der Waals surface area contributed by atoms with E-state index in [0.717, 1.165) is 24.2 Å². The van der Waals surface area contributed by atoms with Gasteiger partial charge in [0.2, 0.25) is 5.69 Å². The number of hydrogen-bond donors (Lipinski definition) is 0. The van der Waals surface area contributed by atoms with Gasteiger partial charge in [-0.1, -0.05) is 18.2 Å². The van der Waals surface area contributed by atoms with Crippen LogP contribution in [0.5, 0.6) is 11.5 Å². The van der Waals surface area contributed by atoms with Crippen molar-refractivity contribution in [2.45, 2.75) is 45.3 Å². The predicted octanol–water partition coefficient (Wildman–Crippen LogP) is 7.76. The Morgan fingerprint density at radius 2 is 1.79 bits per heavy atom. The second-order valence-corrected chi connectivity index (χ2v) is 10.4. The van der Waals surface area contributed by atoms with Gasteiger partial charge in [0.1, 0.15) is 22.9 Å². The van der Waals surface area contributed by atoms with Gasteiger partial charge in [0.25, 0.3) is 0 Å². The Balaban J connectivity index is 1.50. The van der Waals surface area contributed by atoms with E-state index in [1.165, 1.54) is 6.07 Å². The number of amides is 1. The van der Waals surface area contributed by atoms with E-state index >= 15 is 0 Å². The second kappa shape index (κ2) is 10.2. The van der Waals surface area contributed by atoms with Gasteiger partial charge >= 0.3 is 6.09 Å². The molecule has 1 aliphatic heterocycles. The smallest absolute Gasteiger partial charge is 0.410 e. The maximum atomic E-state index is 14.8. The monoisotopic (exact) mass is 512 g/mol. The number of piperidine rings is 1. The van der Waals surface area contributed by atoms with Gasteiger partial charge in [-0.15, -0.1) is 0 Å². The molecule has 1 aromatic heterocycles. The Morgan fingerprint density at radius 3 is 2.47 bits per heavy atom. The first-order valence-electron chi connectivity index (χ1n) is 12.6. The van der Waals surface area contributed by atoms with Crippen LogP contribution in [-0.4, -0.2) is 39.5 Å². The standard InChI is InChI=1S/C30H29FN4O3/c1-30(2,3)38-29(36)34-16-8-9-21(19-34)35-27-18-25(31)26(32-4)17-24(27)28(33-35)20-12-14-23(15-13-20)37-22-10-6-5-7-11-22/h5-7,10-15,17-18,21H,8-9,16,19H2,1-3H3. The molecule has 0 saturated carbocycles. The molecule has 0 aliphatic carbocycles. The van der Waals surface area contributed by atoms with Crippen LogP contribution in [0.3, 0.4) is 0 Å². The van der Waals surface area contributed by atoms with E-state index in [1.54, 1.807) is 15.6 Å². The Morgan fingerprint density at radius 1 is 1.08 bits per heavy atom. The van der Waals surface area contributed by atoms with E-state index in [-0.39, 0.29) is 17.8 Å². The molecule has 1 amide bonds. The summed E-state index contributed by atoms with van der Waals surface area (Å²) in [6.07, 6.45) is 1.19. The Kier molecular flexibility index (Phi) is 6.77. The number of fused-ring (bicyclic) bond motifs is 1. The molecule has 8 heteroatoms. The number of rotatable bonds is 4. The fourth-order valence-corrected chi connectivity index (χ4v) is 4.68. The van der Waals surface area contributed by atoms with Crippen molar-refractivity contribution >= 4 is 22.7 Å². The molecule has 1 fully saturated rings. The minimum atomic E-state index is -0.592. The molecule has 1 unspecified atom stereocenters. The number of ether oxygens (including phenoxy) is 2. The van der Waals surface area contributed by atoms with Crippen LogP contribution < -0.4 is 4.74 Å². The zero-order valence-corrected chi connectivity index (χ0v) is 21.6. The van der Waals surface area contributed by atoms with E-state index in [4.69, 9.17) is 21.1 Å². The number of benzene rings is 3. The van der Waals surface area contributed by atoms with E-state index in [9.17, 15) is 9.18 Å². The molecule has 4 aromatic rings. The lowest BCUT2D eigenvalue weighted by Gasteiger charge is -2.34. The van der Waals surface area contributed by atoms with E-state index in [0.29, 0.717) is 35.4 Å². The number of para-hydroxylation sites is 1. The van der Waals surface area contributed by atoms with Crippen LogP contribution in [0.15, 0.2) is 66.7 Å². The van der Waals surface area contributed by atoms with Crippen LogP contribution in [-0.2, 0) is 4.74 Å². The summed E-state index contributed by atoms with van der Waals surface area (Å²) in [6, 6.07) is 19.8. The lowest BCUT2D eigenvalue weighted by atomic mass is 10.0. The van der Waals surface area contributed by atoms with Gasteiger partial charge < -0.3 is 14.4 Å². The molecule has 38 heavy (non-hydrogen) atoms. The molecule has 0 N–H and O–H groups in total. The summed E-state index contributed by atoms with van der Waals surface area (Å²) in [5, 5.41) is 5.59. The normalized spacial score (nSPS) is 15.8. The summed E-state index contributed by atoms with van der Waals surface area (Å²) in [5.74, 6) is 0.822. The highest BCUT2D eigenvalue weighted by Gasteiger charge is 2.30. The maximum Gasteiger partial charge on any atom is 0.410 e. The average molecular weight is 513 g/mol. The molecule has 1 atom stereocenters. The van der Waals surface area contributed by atoms with Gasteiger partial charge in [-0.25, -0.2) is 14.0 Å². The van der Waals surface area contributed by atoms with E-state index < -0.39 is 11.4 Å². The van der Waals surface area contributed by atoms with Crippen molar-refractivity contribution in [1.29, 1.82) is 0 Å². The summed E-state index contributed by atoms with van der Waals surface area (Å²) in [4.78, 5) is 17.8. The number of halogens is 1. The van der Waals surface area contributed by atoms with Crippen LogP contribution in [0.25, 0.3) is 27.0 Å². The first-order valence-corrected chi connectivity index (χ1v) is 12.6. The minimum absolute atomic E-state index is 0.0543. The third-order valence-corrected chi connectivity index (χ3v) is 6.40. The molecule has 1 aliphatic rings. The fourth-order valence-electron chi connectivity index (χ4n) is 4.68. The Hall–Kier alpha value is -4.38. The zero-order chi connectivity index (χ0) is 26.9. The van der Waals surface area contributed by atoms with Crippen LogP contribution in [0.1, 0.15) is 39.7 Å². The fraction of sp³-hybridized carbons (Fsp3) is 0.300. The highest BCUT2D eigenvalue weighted by Crippen LogP contribution is 2.37. The minimum Gasteiger partial charge on any atom is -0.457 e. The molecule has 0 radical (unpaired) electrons. The highest BCUT2D eigenvalue weighted by atomic mass is 19.1. The summed E-state index contributed by atoms with van der Waals surface area (Å²) in [5.41, 5.74) is 1.40. The molecular weight excluding hydrogens is 483 g/mol. The molecule has 5 rings (SSSR count). The van der Waals surface area contributed by atoms with Gasteiger partial charge in [-0.3, -0.25) is 4.68 Å². The zero-order valence-electron chi connectivity index (χ0n) is 21.6. The quantitative estimate of drug-likeness (QED) is 0.262. The number of carbonyl (C=O) groups excluding carboxylic acids is 1. The van der Waals surface area contributed by atoms with E-state index in [2.05, 4.69) is 4.85 Å². The summed E-state index contributed by atoms with van der Waals surface area (Å²) in [6.45, 7) is 13.9. The van der Waals surface area contributed by atoms with Crippen molar-refractivity contribution in [3.63, 3.8) is 0 Å². The Labute approximate surface area is 221 Å². The molecule has 1 saturated heterocycles. The van der Waals surface area contributed by atoms with Crippen LogP contribution in [0.2, 0.25) is 0 Å². The van der Waals surface area contributed by atoms with Gasteiger partial charge in [-0.05, 0) is 82.1 Å². The van der Waals surface area contributed by atoms with Crippen LogP contribution in [0, 0.1) is 12.4 Å². The van der Waals surface area contributed by atoms with Gasteiger partial charge in [0, 0.05) is 24.0 Å². The topological polar surface area (TPSA) is 61.0 Å². The number of hydrogen-bond acceptors (Lipinski definition) is 4. The number of aromatic nitrogens is 2. The first-order chi connectivity index (χ1) is 18.2. The summed E-state index contributed by atoms with van der Waals surface area (Å²) >= 11 is 0. The van der Waals surface area contributed by atoms with E-state index in [1.807, 2.05) is 75.4 Å². The van der Waals surface area contributed by atoms with Crippen molar-refractivity contribution in [2.75, 3.05) is 13.1 Å². The Bertz CT molecular complexity index is 1500. The third kappa shape index (κ3) is 5.32. The summed E-state index contributed by atoms with van der Waals surface area (Å²) in [7, 11) is 0. The molecular formula is C30H29FN4O3. The molecule has 0 bridgehead atoms. The molecule has 3 aromatic carbocycles. The molecule has 0 spiro atoms. The lowest BCUT2D eigenvalue weighted by Crippen LogP contribution is -2.43. The van der Waals surface area contributed by atoms with Crippen molar-refractivity contribution in [2.24, 2.45) is 0 Å². The average Bonchev–Trinajstić information content (AvgIpc) is 3.26. The largest absolute Gasteiger partial charge is 0.457 e. The number of likely N-dealkylation sites (tertiary alicyclic amines) is 1. The maximum absolute atomic E-state index is 14.8. The third-order valence-electron chi connectivity index (χ3n) is 6.40.